The van der Waals surface area contributed by atoms with Crippen molar-refractivity contribution in [3.8, 4) is 5.75 Å². The predicted molar refractivity (Wildman–Crippen MR) is 91.8 cm³/mol. The maximum absolute atomic E-state index is 5.99. The number of rotatable bonds is 8. The monoisotopic (exact) mass is 318 g/mol. The van der Waals surface area contributed by atoms with Crippen molar-refractivity contribution in [3.05, 3.63) is 29.8 Å². The molecule has 1 aromatic carbocycles. The number of hydrogen-bond donors (Lipinski definition) is 0. The van der Waals surface area contributed by atoms with E-state index < -0.39 is 0 Å². The zero-order valence-corrected chi connectivity index (χ0v) is 14.5. The van der Waals surface area contributed by atoms with Gasteiger partial charge < -0.3 is 14.2 Å². The number of benzene rings is 1. The molecule has 2 aliphatic carbocycles. The Kier molecular flexibility index (Phi) is 5.96. The van der Waals surface area contributed by atoms with E-state index in [1.165, 1.54) is 44.1 Å². The number of ether oxygens (including phenoxy) is 3. The molecule has 3 heteroatoms. The first kappa shape index (κ1) is 16.8. The third-order valence-electron chi connectivity index (χ3n) is 5.44. The van der Waals surface area contributed by atoms with E-state index in [2.05, 4.69) is 24.3 Å². The van der Waals surface area contributed by atoms with Gasteiger partial charge in [-0.15, -0.1) is 0 Å². The van der Waals surface area contributed by atoms with E-state index in [0.29, 0.717) is 19.1 Å². The van der Waals surface area contributed by atoms with Gasteiger partial charge in [0.15, 0.2) is 6.29 Å². The Hall–Kier alpha value is -1.06. The van der Waals surface area contributed by atoms with Crippen LogP contribution in [0.25, 0.3) is 0 Å². The summed E-state index contributed by atoms with van der Waals surface area (Å²) in [6, 6.07) is 8.56. The van der Waals surface area contributed by atoms with Gasteiger partial charge in [-0.2, -0.15) is 0 Å². The van der Waals surface area contributed by atoms with Gasteiger partial charge >= 0.3 is 0 Å². The average molecular weight is 318 g/mol. The zero-order chi connectivity index (χ0) is 16.1. The molecule has 0 spiro atoms. The SMILES string of the molecule is COC(C)OCCOc1ccccc1C1CC1C1CCCCC1. The molecule has 2 fully saturated rings. The van der Waals surface area contributed by atoms with Crippen LogP contribution in [0.3, 0.4) is 0 Å². The van der Waals surface area contributed by atoms with Gasteiger partial charge in [0.2, 0.25) is 0 Å². The maximum atomic E-state index is 5.99. The molecule has 0 heterocycles. The van der Waals surface area contributed by atoms with E-state index in [1.807, 2.05) is 6.92 Å². The summed E-state index contributed by atoms with van der Waals surface area (Å²) in [4.78, 5) is 0. The van der Waals surface area contributed by atoms with Gasteiger partial charge in [0, 0.05) is 7.11 Å². The van der Waals surface area contributed by atoms with Gasteiger partial charge in [-0.05, 0) is 42.7 Å². The van der Waals surface area contributed by atoms with E-state index in [1.54, 1.807) is 7.11 Å². The van der Waals surface area contributed by atoms with Crippen LogP contribution in [0.15, 0.2) is 24.3 Å². The van der Waals surface area contributed by atoms with Crippen molar-refractivity contribution in [2.45, 2.75) is 57.7 Å². The Morgan fingerprint density at radius 3 is 2.65 bits per heavy atom. The largest absolute Gasteiger partial charge is 0.491 e. The maximum Gasteiger partial charge on any atom is 0.154 e. The molecule has 23 heavy (non-hydrogen) atoms. The Bertz CT molecular complexity index is 482. The van der Waals surface area contributed by atoms with Gasteiger partial charge in [0.05, 0.1) is 6.61 Å². The average Bonchev–Trinajstić information content (AvgIpc) is 3.40. The van der Waals surface area contributed by atoms with Gasteiger partial charge in [-0.1, -0.05) is 50.3 Å². The summed E-state index contributed by atoms with van der Waals surface area (Å²) in [6.45, 7) is 3.03. The van der Waals surface area contributed by atoms with Gasteiger partial charge in [0.25, 0.3) is 0 Å². The third kappa shape index (κ3) is 4.48. The first-order valence-corrected chi connectivity index (χ1v) is 9.15. The molecule has 0 bridgehead atoms. The summed E-state index contributed by atoms with van der Waals surface area (Å²) in [7, 11) is 1.65. The highest BCUT2D eigenvalue weighted by Gasteiger charge is 2.44. The lowest BCUT2D eigenvalue weighted by Gasteiger charge is -2.22. The molecule has 0 radical (unpaired) electrons. The topological polar surface area (TPSA) is 27.7 Å². The van der Waals surface area contributed by atoms with Gasteiger partial charge in [-0.25, -0.2) is 0 Å². The Morgan fingerprint density at radius 1 is 1.09 bits per heavy atom. The lowest BCUT2D eigenvalue weighted by Crippen LogP contribution is -2.16. The van der Waals surface area contributed by atoms with Gasteiger partial charge in [-0.3, -0.25) is 0 Å². The summed E-state index contributed by atoms with van der Waals surface area (Å²) in [6.07, 6.45) is 8.35. The van der Waals surface area contributed by atoms with Crippen LogP contribution in [-0.4, -0.2) is 26.6 Å². The number of para-hydroxylation sites is 1. The molecule has 3 rings (SSSR count). The highest BCUT2D eigenvalue weighted by molar-refractivity contribution is 5.39. The molecule has 3 nitrogen and oxygen atoms in total. The van der Waals surface area contributed by atoms with Crippen LogP contribution < -0.4 is 4.74 Å². The summed E-state index contributed by atoms with van der Waals surface area (Å²) in [5.74, 6) is 3.61. The highest BCUT2D eigenvalue weighted by Crippen LogP contribution is 2.56. The molecule has 3 unspecified atom stereocenters. The second-order valence-electron chi connectivity index (χ2n) is 6.96. The van der Waals surface area contributed by atoms with Crippen molar-refractivity contribution in [2.75, 3.05) is 20.3 Å². The van der Waals surface area contributed by atoms with Crippen LogP contribution in [-0.2, 0) is 9.47 Å². The Balaban J connectivity index is 1.52. The standard InChI is InChI=1S/C20H30O3/c1-15(21-2)22-12-13-23-20-11-7-6-10-17(20)19-14-18(19)16-8-4-3-5-9-16/h6-7,10-11,15-16,18-19H,3-5,8-9,12-14H2,1-2H3. The van der Waals surface area contributed by atoms with Crippen molar-refractivity contribution in [3.63, 3.8) is 0 Å². The predicted octanol–water partition coefficient (Wildman–Crippen LogP) is 4.76. The minimum atomic E-state index is -0.173. The first-order valence-electron chi connectivity index (χ1n) is 9.15. The fraction of sp³-hybridized carbons (Fsp3) is 0.700. The zero-order valence-electron chi connectivity index (χ0n) is 14.5. The second kappa shape index (κ2) is 8.16. The lowest BCUT2D eigenvalue weighted by molar-refractivity contribution is -0.115. The molecule has 2 saturated carbocycles. The third-order valence-corrected chi connectivity index (χ3v) is 5.44. The van der Waals surface area contributed by atoms with Crippen LogP contribution in [0.1, 0.15) is 56.9 Å². The van der Waals surface area contributed by atoms with Crippen LogP contribution in [0.2, 0.25) is 0 Å². The molecule has 0 amide bonds. The van der Waals surface area contributed by atoms with Crippen molar-refractivity contribution < 1.29 is 14.2 Å². The summed E-state index contributed by atoms with van der Waals surface area (Å²) < 4.78 is 16.6. The number of methoxy groups -OCH3 is 1. The van der Waals surface area contributed by atoms with Crippen LogP contribution in [0.4, 0.5) is 0 Å². The van der Waals surface area contributed by atoms with E-state index in [0.717, 1.165) is 17.6 Å². The minimum absolute atomic E-state index is 0.173. The Morgan fingerprint density at radius 2 is 1.87 bits per heavy atom. The molecule has 128 valence electrons. The Labute approximate surface area is 140 Å². The van der Waals surface area contributed by atoms with Crippen molar-refractivity contribution in [1.29, 1.82) is 0 Å². The lowest BCUT2D eigenvalue weighted by atomic mass is 9.84. The smallest absolute Gasteiger partial charge is 0.154 e. The fourth-order valence-electron chi connectivity index (χ4n) is 4.01. The second-order valence-corrected chi connectivity index (χ2v) is 6.96. The molecular formula is C20H30O3. The summed E-state index contributed by atoms with van der Waals surface area (Å²) in [5.41, 5.74) is 1.41. The van der Waals surface area contributed by atoms with E-state index in [-0.39, 0.29) is 6.29 Å². The van der Waals surface area contributed by atoms with E-state index in [9.17, 15) is 0 Å². The molecule has 0 saturated heterocycles. The summed E-state index contributed by atoms with van der Waals surface area (Å²) in [5, 5.41) is 0. The molecule has 2 aliphatic rings. The van der Waals surface area contributed by atoms with Crippen molar-refractivity contribution >= 4 is 0 Å². The minimum Gasteiger partial charge on any atom is -0.491 e. The normalized spacial score (nSPS) is 26.0. The van der Waals surface area contributed by atoms with Gasteiger partial charge in [0.1, 0.15) is 12.4 Å². The molecular weight excluding hydrogens is 288 g/mol. The molecule has 0 N–H and O–H groups in total. The van der Waals surface area contributed by atoms with Crippen LogP contribution in [0.5, 0.6) is 5.75 Å². The molecule has 1 aromatic rings. The van der Waals surface area contributed by atoms with Crippen LogP contribution >= 0.6 is 0 Å². The molecule has 0 aromatic heterocycles. The fourth-order valence-corrected chi connectivity index (χ4v) is 4.01. The van der Waals surface area contributed by atoms with Crippen molar-refractivity contribution in [1.82, 2.24) is 0 Å². The van der Waals surface area contributed by atoms with E-state index >= 15 is 0 Å². The summed E-state index contributed by atoms with van der Waals surface area (Å²) >= 11 is 0. The van der Waals surface area contributed by atoms with Crippen molar-refractivity contribution in [2.24, 2.45) is 11.8 Å². The highest BCUT2D eigenvalue weighted by atomic mass is 16.7. The molecule has 0 aliphatic heterocycles. The van der Waals surface area contributed by atoms with E-state index in [4.69, 9.17) is 14.2 Å². The van der Waals surface area contributed by atoms with Crippen LogP contribution in [0, 0.1) is 11.8 Å². The molecule has 3 atom stereocenters. The number of hydrogen-bond acceptors (Lipinski definition) is 3. The first-order chi connectivity index (χ1) is 11.3. The quantitative estimate of drug-likeness (QED) is 0.511.